The molecule has 0 saturated carbocycles. The number of nitrogens with two attached hydrogens (primary N) is 1. The van der Waals surface area contributed by atoms with Gasteiger partial charge in [0.05, 0.1) is 23.8 Å². The number of hydrogen-bond acceptors (Lipinski definition) is 6. The summed E-state index contributed by atoms with van der Waals surface area (Å²) in [5.74, 6) is 0.274. The van der Waals surface area contributed by atoms with Crippen LogP contribution in [0.2, 0.25) is 0 Å². The van der Waals surface area contributed by atoms with Gasteiger partial charge in [0.15, 0.2) is 11.6 Å². The van der Waals surface area contributed by atoms with Crippen LogP contribution in [0.1, 0.15) is 24.3 Å². The number of nitrogens with zero attached hydrogens (tertiary/aromatic N) is 6. The Morgan fingerprint density at radius 3 is 2.62 bits per heavy atom. The fourth-order valence-electron chi connectivity index (χ4n) is 3.21. The van der Waals surface area contributed by atoms with Gasteiger partial charge in [-0.2, -0.15) is 20.1 Å². The molecule has 0 aliphatic carbocycles. The van der Waals surface area contributed by atoms with E-state index >= 15 is 0 Å². The normalized spacial score (nSPS) is 12.1. The van der Waals surface area contributed by atoms with Gasteiger partial charge in [0.2, 0.25) is 0 Å². The van der Waals surface area contributed by atoms with Crippen LogP contribution in [0.15, 0.2) is 49.1 Å². The summed E-state index contributed by atoms with van der Waals surface area (Å²) in [6.07, 6.45) is 6.17. The summed E-state index contributed by atoms with van der Waals surface area (Å²) in [5.41, 5.74) is 9.88. The molecule has 0 fully saturated rings. The fourth-order valence-corrected chi connectivity index (χ4v) is 3.21. The van der Waals surface area contributed by atoms with Crippen LogP contribution >= 0.6 is 0 Å². The average molecular weight is 393 g/mol. The second kappa shape index (κ2) is 7.34. The zero-order valence-corrected chi connectivity index (χ0v) is 16.2. The van der Waals surface area contributed by atoms with E-state index in [-0.39, 0.29) is 11.6 Å². The lowest BCUT2D eigenvalue weighted by atomic mass is 10.1. The summed E-state index contributed by atoms with van der Waals surface area (Å²) in [5, 5.41) is 12.6. The molecule has 0 unspecified atom stereocenters. The molecular weight excluding hydrogens is 373 g/mol. The third kappa shape index (κ3) is 3.66. The molecule has 4 rings (SSSR count). The van der Waals surface area contributed by atoms with Gasteiger partial charge < -0.3 is 10.5 Å². The van der Waals surface area contributed by atoms with Crippen LogP contribution < -0.4 is 10.5 Å². The number of benzene rings is 1. The van der Waals surface area contributed by atoms with E-state index in [0.717, 1.165) is 16.8 Å². The van der Waals surface area contributed by atoms with Crippen molar-refractivity contribution in [2.75, 3.05) is 5.73 Å². The topological polar surface area (TPSA) is 96.7 Å². The largest absolute Gasteiger partial charge is 0.482 e. The first kappa shape index (κ1) is 18.6. The van der Waals surface area contributed by atoms with Crippen LogP contribution in [0.5, 0.6) is 5.75 Å². The number of rotatable bonds is 5. The molecule has 0 aliphatic rings. The maximum atomic E-state index is 13.9. The van der Waals surface area contributed by atoms with E-state index in [9.17, 15) is 4.39 Å². The molecule has 0 aliphatic heterocycles. The summed E-state index contributed by atoms with van der Waals surface area (Å²) < 4.78 is 21.8. The fraction of sp³-hybridized carbons (Fsp3) is 0.200. The second-order valence-electron chi connectivity index (χ2n) is 6.69. The molecule has 3 heterocycles. The van der Waals surface area contributed by atoms with Crippen molar-refractivity contribution in [3.8, 4) is 22.6 Å². The van der Waals surface area contributed by atoms with Crippen LogP contribution in [0.3, 0.4) is 0 Å². The van der Waals surface area contributed by atoms with E-state index in [1.54, 1.807) is 29.3 Å². The van der Waals surface area contributed by atoms with Gasteiger partial charge in [0.1, 0.15) is 11.9 Å². The molecule has 1 aromatic carbocycles. The van der Waals surface area contributed by atoms with E-state index in [4.69, 9.17) is 10.5 Å². The highest BCUT2D eigenvalue weighted by Crippen LogP contribution is 2.33. The molecule has 1 atom stereocenters. The molecule has 4 aromatic rings. The molecular formula is C20H20FN7O. The van der Waals surface area contributed by atoms with Gasteiger partial charge in [-0.3, -0.25) is 4.68 Å². The standard InChI is InChI=1S/C20H20FN7O/c1-12-17(11-27(3)26-12)14-8-19(20(22)23-10-14)29-13(2)16-9-15(21)4-5-18(16)28-24-6-7-25-28/h4-11,13H,1-3H3,(H2,22,23)/t13-/m1/s1. The Morgan fingerprint density at radius 1 is 1.17 bits per heavy atom. The van der Waals surface area contributed by atoms with Crippen molar-refractivity contribution in [1.82, 2.24) is 29.8 Å². The molecule has 0 spiro atoms. The van der Waals surface area contributed by atoms with Crippen LogP contribution in [0.4, 0.5) is 10.2 Å². The number of hydrogen-bond donors (Lipinski definition) is 1. The van der Waals surface area contributed by atoms with Crippen molar-refractivity contribution < 1.29 is 9.13 Å². The molecule has 0 saturated heterocycles. The maximum Gasteiger partial charge on any atom is 0.166 e. The number of aromatic nitrogens is 6. The van der Waals surface area contributed by atoms with E-state index in [0.29, 0.717) is 17.0 Å². The highest BCUT2D eigenvalue weighted by atomic mass is 19.1. The molecule has 0 radical (unpaired) electrons. The molecule has 9 heteroatoms. The molecule has 148 valence electrons. The highest BCUT2D eigenvalue weighted by molar-refractivity contribution is 5.68. The minimum absolute atomic E-state index is 0.248. The second-order valence-corrected chi connectivity index (χ2v) is 6.69. The van der Waals surface area contributed by atoms with Crippen molar-refractivity contribution in [3.05, 3.63) is 66.1 Å². The Balaban J connectivity index is 1.69. The Bertz CT molecular complexity index is 1150. The van der Waals surface area contributed by atoms with Crippen molar-refractivity contribution in [1.29, 1.82) is 0 Å². The smallest absolute Gasteiger partial charge is 0.166 e. The summed E-state index contributed by atoms with van der Waals surface area (Å²) in [4.78, 5) is 5.68. The van der Waals surface area contributed by atoms with Gasteiger partial charge in [0, 0.05) is 36.1 Å². The van der Waals surface area contributed by atoms with Crippen molar-refractivity contribution in [2.24, 2.45) is 7.05 Å². The third-order valence-electron chi connectivity index (χ3n) is 4.57. The van der Waals surface area contributed by atoms with Crippen LogP contribution in [0.25, 0.3) is 16.8 Å². The monoisotopic (exact) mass is 393 g/mol. The van der Waals surface area contributed by atoms with E-state index < -0.39 is 6.10 Å². The summed E-state index contributed by atoms with van der Waals surface area (Å²) >= 11 is 0. The molecule has 0 bridgehead atoms. The van der Waals surface area contributed by atoms with Gasteiger partial charge in [0.25, 0.3) is 0 Å². The molecule has 8 nitrogen and oxygen atoms in total. The van der Waals surface area contributed by atoms with Crippen LogP contribution in [0, 0.1) is 12.7 Å². The molecule has 2 N–H and O–H groups in total. The number of halogens is 1. The Morgan fingerprint density at radius 2 is 1.93 bits per heavy atom. The summed E-state index contributed by atoms with van der Waals surface area (Å²) in [6.45, 7) is 3.73. The first-order valence-electron chi connectivity index (χ1n) is 9.01. The minimum Gasteiger partial charge on any atom is -0.482 e. The predicted molar refractivity (Wildman–Crippen MR) is 106 cm³/mol. The lowest BCUT2D eigenvalue weighted by Crippen LogP contribution is -2.11. The quantitative estimate of drug-likeness (QED) is 0.559. The summed E-state index contributed by atoms with van der Waals surface area (Å²) in [7, 11) is 1.86. The molecule has 29 heavy (non-hydrogen) atoms. The minimum atomic E-state index is -0.527. The van der Waals surface area contributed by atoms with Gasteiger partial charge >= 0.3 is 0 Å². The van der Waals surface area contributed by atoms with Gasteiger partial charge in [-0.25, -0.2) is 9.37 Å². The number of aryl methyl sites for hydroxylation is 2. The van der Waals surface area contributed by atoms with Gasteiger partial charge in [-0.15, -0.1) is 0 Å². The lowest BCUT2D eigenvalue weighted by Gasteiger charge is -2.19. The van der Waals surface area contributed by atoms with Gasteiger partial charge in [-0.05, 0) is 38.1 Å². The zero-order chi connectivity index (χ0) is 20.5. The Kier molecular flexibility index (Phi) is 4.71. The first-order chi connectivity index (χ1) is 13.9. The van der Waals surface area contributed by atoms with Crippen LogP contribution in [-0.4, -0.2) is 29.8 Å². The molecule has 0 amide bonds. The summed E-state index contributed by atoms with van der Waals surface area (Å²) in [6, 6.07) is 6.19. The predicted octanol–water partition coefficient (Wildman–Crippen LogP) is 3.23. The number of pyridine rings is 1. The highest BCUT2D eigenvalue weighted by Gasteiger charge is 2.18. The van der Waals surface area contributed by atoms with Crippen molar-refractivity contribution >= 4 is 5.82 Å². The number of anilines is 1. The Labute approximate surface area is 166 Å². The van der Waals surface area contributed by atoms with E-state index in [1.807, 2.05) is 33.2 Å². The first-order valence-corrected chi connectivity index (χ1v) is 9.01. The van der Waals surface area contributed by atoms with Gasteiger partial charge in [-0.1, -0.05) is 0 Å². The van der Waals surface area contributed by atoms with E-state index in [1.165, 1.54) is 16.9 Å². The van der Waals surface area contributed by atoms with Crippen LogP contribution in [-0.2, 0) is 7.05 Å². The SMILES string of the molecule is Cc1nn(C)cc1-c1cnc(N)c(O[C@H](C)c2cc(F)ccc2-n2nccn2)c1. The number of nitrogen functional groups attached to an aromatic ring is 1. The average Bonchev–Trinajstić information content (AvgIpc) is 3.33. The Hall–Kier alpha value is -3.75. The van der Waals surface area contributed by atoms with E-state index in [2.05, 4.69) is 20.3 Å². The lowest BCUT2D eigenvalue weighted by molar-refractivity contribution is 0.226. The number of ether oxygens (including phenoxy) is 1. The van der Waals surface area contributed by atoms with Crippen molar-refractivity contribution in [2.45, 2.75) is 20.0 Å². The maximum absolute atomic E-state index is 13.9. The molecule has 3 aromatic heterocycles. The zero-order valence-electron chi connectivity index (χ0n) is 16.2. The van der Waals surface area contributed by atoms with Crippen molar-refractivity contribution in [3.63, 3.8) is 0 Å². The third-order valence-corrected chi connectivity index (χ3v) is 4.57.